The Kier molecular flexibility index (Phi) is 10.0. The molecule has 10 heteroatoms. The number of ether oxygens (including phenoxy) is 2. The Morgan fingerprint density at radius 3 is 2.39 bits per heavy atom. The van der Waals surface area contributed by atoms with Crippen molar-refractivity contribution in [2.75, 3.05) is 46.0 Å². The number of hydrogen-bond acceptors (Lipinski definition) is 7. The molecule has 0 spiro atoms. The minimum Gasteiger partial charge on any atom is -0.450 e. The van der Waals surface area contributed by atoms with Gasteiger partial charge < -0.3 is 19.7 Å². The second-order valence-corrected chi connectivity index (χ2v) is 13.0. The molecular weight excluding hydrogens is 484 g/mol. The van der Waals surface area contributed by atoms with E-state index in [1.807, 2.05) is 4.90 Å². The minimum atomic E-state index is -0.941. The lowest BCUT2D eigenvalue weighted by Crippen LogP contribution is -2.55. The predicted molar refractivity (Wildman–Crippen MR) is 147 cm³/mol. The van der Waals surface area contributed by atoms with E-state index in [4.69, 9.17) is 14.5 Å². The number of alkyl carbamates (subject to hydrolysis) is 1. The number of carbonyl (C=O) groups is 2. The van der Waals surface area contributed by atoms with Crippen molar-refractivity contribution in [2.24, 2.45) is 15.8 Å². The summed E-state index contributed by atoms with van der Waals surface area (Å²) < 4.78 is 10.6. The Balaban J connectivity index is 1.78. The number of nitriles is 1. The number of nitrogens with one attached hydrogen (secondary N) is 2. The van der Waals surface area contributed by atoms with Gasteiger partial charge in [0.15, 0.2) is 0 Å². The number of nitrogens with zero attached hydrogens (tertiary/aromatic N) is 4. The average molecular weight is 533 g/mol. The zero-order chi connectivity index (χ0) is 28.0. The molecule has 0 aromatic heterocycles. The van der Waals surface area contributed by atoms with Gasteiger partial charge >= 0.3 is 6.09 Å². The Labute approximate surface area is 228 Å². The lowest BCUT2D eigenvalue weighted by molar-refractivity contribution is -0.124. The highest BCUT2D eigenvalue weighted by Gasteiger charge is 2.44. The van der Waals surface area contributed by atoms with Crippen molar-refractivity contribution in [3.8, 4) is 6.07 Å². The van der Waals surface area contributed by atoms with Crippen LogP contribution in [0.4, 0.5) is 4.79 Å². The van der Waals surface area contributed by atoms with E-state index in [9.17, 15) is 14.9 Å². The van der Waals surface area contributed by atoms with Crippen molar-refractivity contribution in [1.82, 2.24) is 20.4 Å². The van der Waals surface area contributed by atoms with Gasteiger partial charge in [0.1, 0.15) is 11.6 Å². The van der Waals surface area contributed by atoms with E-state index in [1.165, 1.54) is 12.8 Å². The van der Waals surface area contributed by atoms with Crippen LogP contribution >= 0.6 is 0 Å². The molecule has 2 atom stereocenters. The van der Waals surface area contributed by atoms with E-state index in [0.29, 0.717) is 63.1 Å². The molecule has 1 saturated carbocycles. The van der Waals surface area contributed by atoms with Crippen LogP contribution in [0.1, 0.15) is 80.1 Å². The van der Waals surface area contributed by atoms with Crippen LogP contribution in [0.15, 0.2) is 4.99 Å². The zero-order valence-corrected chi connectivity index (χ0v) is 24.3. The first-order chi connectivity index (χ1) is 17.9. The van der Waals surface area contributed by atoms with Crippen molar-refractivity contribution in [3.63, 3.8) is 0 Å². The van der Waals surface area contributed by atoms with Gasteiger partial charge in [0.05, 0.1) is 25.9 Å². The lowest BCUT2D eigenvalue weighted by Gasteiger charge is -2.39. The summed E-state index contributed by atoms with van der Waals surface area (Å²) in [6.45, 7) is 16.2. The van der Waals surface area contributed by atoms with Crippen LogP contribution in [0.25, 0.3) is 0 Å². The van der Waals surface area contributed by atoms with E-state index in [0.717, 1.165) is 19.4 Å². The summed E-state index contributed by atoms with van der Waals surface area (Å²) in [4.78, 5) is 35.2. The number of rotatable bonds is 6. The summed E-state index contributed by atoms with van der Waals surface area (Å²) in [5, 5.41) is 16.1. The number of amides is 2. The first-order valence-electron chi connectivity index (χ1n) is 14.2. The van der Waals surface area contributed by atoms with Crippen LogP contribution in [0, 0.1) is 22.2 Å². The maximum atomic E-state index is 13.8. The third-order valence-corrected chi connectivity index (χ3v) is 7.89. The Morgan fingerprint density at radius 2 is 1.82 bits per heavy atom. The standard InChI is InChI=1S/C28H48N6O4/c1-7-38-25(36)31-24(33-14-16-37-17-15-33)30-22(18-26(2,3)4)23(35)32-28(19-29)12-13-34(20-28)21-8-10-27(5,6)11-9-21/h21-22H,7-18,20H2,1-6H3,(H,32,35)(H,30,31,36)/t22-,28?/m0/s1. The molecule has 0 bridgehead atoms. The molecule has 214 valence electrons. The molecular formula is C28H48N6O4. The molecule has 3 rings (SSSR count). The van der Waals surface area contributed by atoms with Crippen molar-refractivity contribution >= 4 is 18.0 Å². The summed E-state index contributed by atoms with van der Waals surface area (Å²) in [5.41, 5.74) is -0.768. The van der Waals surface area contributed by atoms with Crippen molar-refractivity contribution in [3.05, 3.63) is 0 Å². The molecule has 0 aromatic rings. The summed E-state index contributed by atoms with van der Waals surface area (Å²) >= 11 is 0. The normalized spacial score (nSPS) is 25.9. The van der Waals surface area contributed by atoms with Crippen LogP contribution < -0.4 is 10.6 Å². The smallest absolute Gasteiger partial charge is 0.413 e. The van der Waals surface area contributed by atoms with E-state index in [1.54, 1.807) is 6.92 Å². The number of hydrogen-bond donors (Lipinski definition) is 2. The Morgan fingerprint density at radius 1 is 1.16 bits per heavy atom. The fourth-order valence-electron chi connectivity index (χ4n) is 5.59. The third kappa shape index (κ3) is 8.57. The van der Waals surface area contributed by atoms with Crippen molar-refractivity contribution < 1.29 is 19.1 Å². The highest BCUT2D eigenvalue weighted by Crippen LogP contribution is 2.38. The van der Waals surface area contributed by atoms with Gasteiger partial charge in [-0.15, -0.1) is 0 Å². The molecule has 38 heavy (non-hydrogen) atoms. The summed E-state index contributed by atoms with van der Waals surface area (Å²) in [6, 6.07) is 2.12. The van der Waals surface area contributed by atoms with E-state index < -0.39 is 17.7 Å². The Bertz CT molecular complexity index is 892. The number of morpholine rings is 1. The number of guanidine groups is 1. The first-order valence-corrected chi connectivity index (χ1v) is 14.2. The second-order valence-electron chi connectivity index (χ2n) is 13.0. The highest BCUT2D eigenvalue weighted by atomic mass is 16.5. The highest BCUT2D eigenvalue weighted by molar-refractivity contribution is 5.96. The first kappa shape index (κ1) is 30.2. The minimum absolute atomic E-state index is 0.206. The molecule has 10 nitrogen and oxygen atoms in total. The lowest BCUT2D eigenvalue weighted by atomic mass is 9.75. The topological polar surface area (TPSA) is 119 Å². The van der Waals surface area contributed by atoms with Gasteiger partial charge in [-0.1, -0.05) is 34.6 Å². The third-order valence-electron chi connectivity index (χ3n) is 7.89. The van der Waals surface area contributed by atoms with Crippen LogP contribution in [0.2, 0.25) is 0 Å². The number of carbonyl (C=O) groups excluding carboxylic acids is 2. The summed E-state index contributed by atoms with van der Waals surface area (Å²) in [6.07, 6.45) is 5.06. The summed E-state index contributed by atoms with van der Waals surface area (Å²) in [5.74, 6) is 0.0181. The van der Waals surface area contributed by atoms with E-state index >= 15 is 0 Å². The molecule has 2 saturated heterocycles. The number of likely N-dealkylation sites (tertiary alicyclic amines) is 1. The largest absolute Gasteiger partial charge is 0.450 e. The molecule has 2 amide bonds. The van der Waals surface area contributed by atoms with Gasteiger partial charge in [-0.3, -0.25) is 15.0 Å². The Hall–Kier alpha value is -2.38. The quantitative estimate of drug-likeness (QED) is 0.398. The SMILES string of the molecule is CCOC(=O)NC(=N[C@@H](CC(C)(C)C)C(=O)NC1(C#N)CCN(C2CCC(C)(C)CC2)C1)N1CCOCC1. The van der Waals surface area contributed by atoms with E-state index in [2.05, 4.69) is 56.2 Å². The zero-order valence-electron chi connectivity index (χ0n) is 24.3. The van der Waals surface area contributed by atoms with Crippen LogP contribution in [-0.2, 0) is 14.3 Å². The number of aliphatic imine (C=N–C) groups is 1. The van der Waals surface area contributed by atoms with Crippen molar-refractivity contribution in [2.45, 2.75) is 97.7 Å². The molecule has 1 aliphatic carbocycles. The fourth-order valence-corrected chi connectivity index (χ4v) is 5.59. The van der Waals surface area contributed by atoms with Crippen LogP contribution in [0.5, 0.6) is 0 Å². The van der Waals surface area contributed by atoms with Gasteiger partial charge in [0, 0.05) is 32.2 Å². The van der Waals surface area contributed by atoms with Gasteiger partial charge in [-0.05, 0) is 56.3 Å². The molecule has 2 N–H and O–H groups in total. The van der Waals surface area contributed by atoms with Gasteiger partial charge in [-0.2, -0.15) is 5.26 Å². The van der Waals surface area contributed by atoms with E-state index in [-0.39, 0.29) is 17.9 Å². The average Bonchev–Trinajstić information content (AvgIpc) is 3.27. The molecule has 0 radical (unpaired) electrons. The maximum Gasteiger partial charge on any atom is 0.413 e. The van der Waals surface area contributed by atoms with Gasteiger partial charge in [0.25, 0.3) is 0 Å². The second kappa shape index (κ2) is 12.6. The van der Waals surface area contributed by atoms with Gasteiger partial charge in [-0.25, -0.2) is 9.79 Å². The molecule has 3 fully saturated rings. The molecule has 3 aliphatic rings. The monoisotopic (exact) mass is 532 g/mol. The summed E-state index contributed by atoms with van der Waals surface area (Å²) in [7, 11) is 0. The van der Waals surface area contributed by atoms with Gasteiger partial charge in [0.2, 0.25) is 11.9 Å². The molecule has 0 aromatic carbocycles. The van der Waals surface area contributed by atoms with Crippen LogP contribution in [-0.4, -0.2) is 91.4 Å². The molecule has 2 aliphatic heterocycles. The maximum absolute atomic E-state index is 13.8. The molecule has 2 heterocycles. The van der Waals surface area contributed by atoms with Crippen molar-refractivity contribution in [1.29, 1.82) is 5.26 Å². The van der Waals surface area contributed by atoms with Crippen LogP contribution in [0.3, 0.4) is 0 Å². The molecule has 1 unspecified atom stereocenters. The predicted octanol–water partition coefficient (Wildman–Crippen LogP) is 3.28. The fraction of sp³-hybridized carbons (Fsp3) is 0.857.